The minimum atomic E-state index is -0.0682. The van der Waals surface area contributed by atoms with Gasteiger partial charge < -0.3 is 0 Å². The number of benzene rings is 1. The van der Waals surface area contributed by atoms with Crippen LogP contribution in [-0.4, -0.2) is 42.0 Å². The Bertz CT molecular complexity index is 394. The monoisotopic (exact) mass is 234 g/mol. The third kappa shape index (κ3) is 2.35. The van der Waals surface area contributed by atoms with Crippen molar-refractivity contribution in [2.75, 3.05) is 26.2 Å². The number of halogens is 1. The van der Waals surface area contributed by atoms with Crippen LogP contribution >= 0.6 is 0 Å². The second-order valence-electron chi connectivity index (χ2n) is 5.16. The first-order valence-corrected chi connectivity index (χ1v) is 6.53. The van der Waals surface area contributed by atoms with Gasteiger partial charge >= 0.3 is 0 Å². The van der Waals surface area contributed by atoms with Crippen molar-refractivity contribution in [1.29, 1.82) is 0 Å². The molecule has 0 N–H and O–H groups in total. The van der Waals surface area contributed by atoms with E-state index in [4.69, 9.17) is 0 Å². The first-order valence-electron chi connectivity index (χ1n) is 6.53. The molecule has 2 aliphatic heterocycles. The lowest BCUT2D eigenvalue weighted by atomic mass is 10.1. The van der Waals surface area contributed by atoms with E-state index in [1.165, 1.54) is 19.4 Å². The SMILES string of the molecule is Fc1ccccc1CN1CCN2CCC[C@H]2C1. The average molecular weight is 234 g/mol. The van der Waals surface area contributed by atoms with E-state index in [-0.39, 0.29) is 5.82 Å². The third-order valence-corrected chi connectivity index (χ3v) is 4.02. The second-order valence-corrected chi connectivity index (χ2v) is 5.16. The van der Waals surface area contributed by atoms with Crippen LogP contribution in [-0.2, 0) is 6.54 Å². The molecular weight excluding hydrogens is 215 g/mol. The highest BCUT2D eigenvalue weighted by atomic mass is 19.1. The number of fused-ring (bicyclic) bond motifs is 1. The minimum absolute atomic E-state index is 0.0682. The van der Waals surface area contributed by atoms with Gasteiger partial charge in [0.05, 0.1) is 0 Å². The van der Waals surface area contributed by atoms with Crippen molar-refractivity contribution in [3.63, 3.8) is 0 Å². The maximum absolute atomic E-state index is 13.6. The van der Waals surface area contributed by atoms with Gasteiger partial charge in [-0.05, 0) is 25.5 Å². The first-order chi connectivity index (χ1) is 8.33. The van der Waals surface area contributed by atoms with Crippen LogP contribution in [0.1, 0.15) is 18.4 Å². The van der Waals surface area contributed by atoms with Gasteiger partial charge in [-0.25, -0.2) is 4.39 Å². The molecule has 3 rings (SSSR count). The molecule has 0 saturated carbocycles. The van der Waals surface area contributed by atoms with Crippen molar-refractivity contribution < 1.29 is 4.39 Å². The molecule has 1 aromatic carbocycles. The summed E-state index contributed by atoms with van der Waals surface area (Å²) in [6, 6.07) is 7.85. The molecule has 2 fully saturated rings. The summed E-state index contributed by atoms with van der Waals surface area (Å²) in [7, 11) is 0. The van der Waals surface area contributed by atoms with Crippen LogP contribution in [0.15, 0.2) is 24.3 Å². The first kappa shape index (κ1) is 11.2. The zero-order chi connectivity index (χ0) is 11.7. The van der Waals surface area contributed by atoms with Gasteiger partial charge in [0.2, 0.25) is 0 Å². The van der Waals surface area contributed by atoms with Crippen molar-refractivity contribution in [2.24, 2.45) is 0 Å². The number of hydrogen-bond acceptors (Lipinski definition) is 2. The van der Waals surface area contributed by atoms with E-state index in [0.29, 0.717) is 0 Å². The molecule has 0 aromatic heterocycles. The summed E-state index contributed by atoms with van der Waals surface area (Å²) in [5, 5.41) is 0. The molecule has 0 aliphatic carbocycles. The molecule has 0 unspecified atom stereocenters. The van der Waals surface area contributed by atoms with E-state index >= 15 is 0 Å². The molecule has 1 atom stereocenters. The Morgan fingerprint density at radius 3 is 2.94 bits per heavy atom. The lowest BCUT2D eigenvalue weighted by molar-refractivity contribution is 0.0985. The smallest absolute Gasteiger partial charge is 0.127 e. The third-order valence-electron chi connectivity index (χ3n) is 4.02. The molecule has 0 spiro atoms. The predicted molar refractivity (Wildman–Crippen MR) is 66.3 cm³/mol. The summed E-state index contributed by atoms with van der Waals surface area (Å²) in [5.41, 5.74) is 0.832. The molecule has 1 aromatic rings. The molecule has 0 bridgehead atoms. The van der Waals surface area contributed by atoms with E-state index in [9.17, 15) is 4.39 Å². The zero-order valence-corrected chi connectivity index (χ0v) is 10.1. The van der Waals surface area contributed by atoms with Gasteiger partial charge in [-0.15, -0.1) is 0 Å². The Morgan fingerprint density at radius 1 is 1.18 bits per heavy atom. The fourth-order valence-electron chi connectivity index (χ4n) is 3.07. The molecule has 0 radical (unpaired) electrons. The molecule has 2 saturated heterocycles. The maximum atomic E-state index is 13.6. The normalized spacial score (nSPS) is 26.1. The minimum Gasteiger partial charge on any atom is -0.298 e. The fourth-order valence-corrected chi connectivity index (χ4v) is 3.07. The van der Waals surface area contributed by atoms with Crippen molar-refractivity contribution >= 4 is 0 Å². The van der Waals surface area contributed by atoms with E-state index < -0.39 is 0 Å². The largest absolute Gasteiger partial charge is 0.298 e. The van der Waals surface area contributed by atoms with Crippen LogP contribution in [0, 0.1) is 5.82 Å². The predicted octanol–water partition coefficient (Wildman–Crippen LogP) is 2.11. The van der Waals surface area contributed by atoms with Crippen LogP contribution in [0.4, 0.5) is 4.39 Å². The van der Waals surface area contributed by atoms with E-state index in [2.05, 4.69) is 9.80 Å². The highest BCUT2D eigenvalue weighted by Gasteiger charge is 2.30. The summed E-state index contributed by atoms with van der Waals surface area (Å²) in [6.45, 7) is 5.35. The molecular formula is C14H19FN2. The van der Waals surface area contributed by atoms with Crippen molar-refractivity contribution in [3.05, 3.63) is 35.6 Å². The standard InChI is InChI=1S/C14H19FN2/c15-14-6-2-1-4-12(14)10-16-8-9-17-7-3-5-13(17)11-16/h1-2,4,6,13H,3,5,7-11H2/t13-/m0/s1. The van der Waals surface area contributed by atoms with Gasteiger partial charge in [0.25, 0.3) is 0 Å². The number of hydrogen-bond donors (Lipinski definition) is 0. The Morgan fingerprint density at radius 2 is 2.06 bits per heavy atom. The van der Waals surface area contributed by atoms with Crippen LogP contribution in [0.3, 0.4) is 0 Å². The molecule has 0 amide bonds. The number of nitrogens with zero attached hydrogens (tertiary/aromatic N) is 2. The molecule has 2 aliphatic rings. The van der Waals surface area contributed by atoms with Gasteiger partial charge in [0, 0.05) is 37.8 Å². The zero-order valence-electron chi connectivity index (χ0n) is 10.1. The van der Waals surface area contributed by atoms with E-state index in [0.717, 1.165) is 37.8 Å². The summed E-state index contributed by atoms with van der Waals surface area (Å²) >= 11 is 0. The summed E-state index contributed by atoms with van der Waals surface area (Å²) in [4.78, 5) is 4.97. The van der Waals surface area contributed by atoms with Crippen molar-refractivity contribution in [1.82, 2.24) is 9.80 Å². The second kappa shape index (κ2) is 4.75. The van der Waals surface area contributed by atoms with Crippen LogP contribution in [0.2, 0.25) is 0 Å². The molecule has 17 heavy (non-hydrogen) atoms. The average Bonchev–Trinajstić information content (AvgIpc) is 2.79. The van der Waals surface area contributed by atoms with Crippen LogP contribution in [0.25, 0.3) is 0 Å². The Kier molecular flexibility index (Phi) is 3.12. The summed E-state index contributed by atoms with van der Waals surface area (Å²) < 4.78 is 13.6. The highest BCUT2D eigenvalue weighted by molar-refractivity contribution is 5.17. The van der Waals surface area contributed by atoms with Gasteiger partial charge in [0.1, 0.15) is 5.82 Å². The Balaban J connectivity index is 1.64. The Labute approximate surface area is 102 Å². The van der Waals surface area contributed by atoms with E-state index in [1.807, 2.05) is 12.1 Å². The molecule has 3 heteroatoms. The molecule has 2 nitrogen and oxygen atoms in total. The lowest BCUT2D eigenvalue weighted by Crippen LogP contribution is -2.49. The van der Waals surface area contributed by atoms with Gasteiger partial charge in [-0.3, -0.25) is 9.80 Å². The van der Waals surface area contributed by atoms with Gasteiger partial charge in [-0.1, -0.05) is 18.2 Å². The highest BCUT2D eigenvalue weighted by Crippen LogP contribution is 2.22. The van der Waals surface area contributed by atoms with Crippen molar-refractivity contribution in [2.45, 2.75) is 25.4 Å². The topological polar surface area (TPSA) is 6.48 Å². The van der Waals surface area contributed by atoms with Crippen LogP contribution in [0.5, 0.6) is 0 Å². The molecule has 2 heterocycles. The summed E-state index contributed by atoms with van der Waals surface area (Å²) in [5.74, 6) is -0.0682. The number of piperazine rings is 1. The summed E-state index contributed by atoms with van der Waals surface area (Å²) in [6.07, 6.45) is 2.64. The lowest BCUT2D eigenvalue weighted by Gasteiger charge is -2.37. The van der Waals surface area contributed by atoms with E-state index in [1.54, 1.807) is 12.1 Å². The van der Waals surface area contributed by atoms with Crippen LogP contribution < -0.4 is 0 Å². The quantitative estimate of drug-likeness (QED) is 0.773. The van der Waals surface area contributed by atoms with Gasteiger partial charge in [-0.2, -0.15) is 0 Å². The number of rotatable bonds is 2. The fraction of sp³-hybridized carbons (Fsp3) is 0.571. The van der Waals surface area contributed by atoms with Crippen molar-refractivity contribution in [3.8, 4) is 0 Å². The molecule has 92 valence electrons. The Hall–Kier alpha value is -0.930. The van der Waals surface area contributed by atoms with Gasteiger partial charge in [0.15, 0.2) is 0 Å². The maximum Gasteiger partial charge on any atom is 0.127 e.